The van der Waals surface area contributed by atoms with Gasteiger partial charge in [0.1, 0.15) is 18.2 Å². The number of halogens is 3. The van der Waals surface area contributed by atoms with Crippen LogP contribution in [0.1, 0.15) is 15.9 Å². The Morgan fingerprint density at radius 3 is 2.70 bits per heavy atom. The van der Waals surface area contributed by atoms with Crippen molar-refractivity contribution in [3.05, 3.63) is 62.8 Å². The van der Waals surface area contributed by atoms with Crippen LogP contribution in [0.25, 0.3) is 0 Å². The Morgan fingerprint density at radius 1 is 1.30 bits per heavy atom. The topological polar surface area (TPSA) is 52.3 Å². The summed E-state index contributed by atoms with van der Waals surface area (Å²) in [4.78, 5) is 10.9. The molecule has 104 valence electrons. The number of primary amides is 1. The quantitative estimate of drug-likeness (QED) is 0.900. The fraction of sp³-hybridized carbons (Fsp3) is 0.0714. The molecular weight excluding hydrogens is 349 g/mol. The SMILES string of the molecule is NC(=O)c1ccc(COc2cc(Br)ccc2Cl)c(F)c1. The summed E-state index contributed by atoms with van der Waals surface area (Å²) in [6.07, 6.45) is 0. The fourth-order valence-electron chi connectivity index (χ4n) is 1.56. The van der Waals surface area contributed by atoms with Gasteiger partial charge in [-0.1, -0.05) is 33.6 Å². The van der Waals surface area contributed by atoms with E-state index in [9.17, 15) is 9.18 Å². The van der Waals surface area contributed by atoms with Crippen LogP contribution in [-0.2, 0) is 6.61 Å². The predicted octanol–water partition coefficient (Wildman–Crippen LogP) is 3.92. The van der Waals surface area contributed by atoms with Gasteiger partial charge in [0.05, 0.1) is 5.02 Å². The lowest BCUT2D eigenvalue weighted by molar-refractivity contribution is 0.0999. The van der Waals surface area contributed by atoms with E-state index in [-0.39, 0.29) is 12.2 Å². The standard InChI is InChI=1S/C14H10BrClFNO2/c15-10-3-4-11(16)13(6-10)20-7-9-2-1-8(14(18)19)5-12(9)17/h1-6H,7H2,(H2,18,19). The summed E-state index contributed by atoms with van der Waals surface area (Å²) in [6.45, 7) is 0.00104. The Hall–Kier alpha value is -1.59. The van der Waals surface area contributed by atoms with Crippen molar-refractivity contribution < 1.29 is 13.9 Å². The van der Waals surface area contributed by atoms with Crippen molar-refractivity contribution in [2.75, 3.05) is 0 Å². The first-order valence-electron chi connectivity index (χ1n) is 5.63. The van der Waals surface area contributed by atoms with Crippen LogP contribution in [0, 0.1) is 5.82 Å². The molecule has 1 amide bonds. The second-order valence-corrected chi connectivity index (χ2v) is 5.36. The van der Waals surface area contributed by atoms with Crippen molar-refractivity contribution in [3.8, 4) is 5.75 Å². The molecule has 3 nitrogen and oxygen atoms in total. The zero-order chi connectivity index (χ0) is 14.7. The Labute approximate surface area is 128 Å². The number of nitrogens with two attached hydrogens (primary N) is 1. The molecule has 0 bridgehead atoms. The van der Waals surface area contributed by atoms with E-state index in [1.807, 2.05) is 0 Å². The van der Waals surface area contributed by atoms with Gasteiger partial charge in [-0.25, -0.2) is 4.39 Å². The van der Waals surface area contributed by atoms with Crippen molar-refractivity contribution in [2.24, 2.45) is 5.73 Å². The molecule has 2 aromatic carbocycles. The van der Waals surface area contributed by atoms with E-state index in [0.29, 0.717) is 16.3 Å². The normalized spacial score (nSPS) is 10.3. The summed E-state index contributed by atoms with van der Waals surface area (Å²) in [5.41, 5.74) is 5.50. The van der Waals surface area contributed by atoms with Crippen LogP contribution in [0.2, 0.25) is 5.02 Å². The van der Waals surface area contributed by atoms with Crippen LogP contribution in [0.15, 0.2) is 40.9 Å². The highest BCUT2D eigenvalue weighted by atomic mass is 79.9. The maximum absolute atomic E-state index is 13.8. The van der Waals surface area contributed by atoms with Gasteiger partial charge in [-0.3, -0.25) is 4.79 Å². The third-order valence-electron chi connectivity index (χ3n) is 2.61. The van der Waals surface area contributed by atoms with Gasteiger partial charge in [0.15, 0.2) is 0 Å². The van der Waals surface area contributed by atoms with Gasteiger partial charge in [-0.15, -0.1) is 0 Å². The summed E-state index contributed by atoms with van der Waals surface area (Å²) in [5.74, 6) is -0.779. The van der Waals surface area contributed by atoms with Crippen LogP contribution >= 0.6 is 27.5 Å². The van der Waals surface area contributed by atoms with Gasteiger partial charge >= 0.3 is 0 Å². The Kier molecular flexibility index (Phi) is 4.62. The second kappa shape index (κ2) is 6.24. The number of hydrogen-bond acceptors (Lipinski definition) is 2. The summed E-state index contributed by atoms with van der Waals surface area (Å²) >= 11 is 9.27. The maximum atomic E-state index is 13.8. The van der Waals surface area contributed by atoms with E-state index >= 15 is 0 Å². The molecule has 0 aliphatic carbocycles. The average molecular weight is 359 g/mol. The Balaban J connectivity index is 2.15. The van der Waals surface area contributed by atoms with E-state index in [0.717, 1.165) is 10.5 Å². The van der Waals surface area contributed by atoms with Gasteiger partial charge < -0.3 is 10.5 Å². The molecule has 0 radical (unpaired) electrons. The fourth-order valence-corrected chi connectivity index (χ4v) is 2.07. The number of carbonyl (C=O) groups excluding carboxylic acids is 1. The molecule has 20 heavy (non-hydrogen) atoms. The van der Waals surface area contributed by atoms with Gasteiger partial charge in [0, 0.05) is 15.6 Å². The number of carbonyl (C=O) groups is 1. The average Bonchev–Trinajstić information content (AvgIpc) is 2.40. The minimum atomic E-state index is -0.675. The zero-order valence-electron chi connectivity index (χ0n) is 10.2. The molecule has 0 saturated heterocycles. The predicted molar refractivity (Wildman–Crippen MR) is 78.4 cm³/mol. The molecule has 0 atom stereocenters. The Morgan fingerprint density at radius 2 is 2.05 bits per heavy atom. The summed E-state index contributed by atoms with van der Waals surface area (Å²) in [6, 6.07) is 9.14. The van der Waals surface area contributed by atoms with Crippen molar-refractivity contribution in [3.63, 3.8) is 0 Å². The molecular formula is C14H10BrClFNO2. The molecule has 0 saturated carbocycles. The Bertz CT molecular complexity index is 664. The van der Waals surface area contributed by atoms with E-state index in [2.05, 4.69) is 15.9 Å². The molecule has 2 aromatic rings. The van der Waals surface area contributed by atoms with Gasteiger partial charge in [-0.2, -0.15) is 0 Å². The van der Waals surface area contributed by atoms with Gasteiger partial charge in [0.25, 0.3) is 0 Å². The number of amides is 1. The first-order valence-corrected chi connectivity index (χ1v) is 6.80. The molecule has 2 rings (SSSR count). The van der Waals surface area contributed by atoms with Crippen molar-refractivity contribution >= 4 is 33.4 Å². The third-order valence-corrected chi connectivity index (χ3v) is 3.42. The molecule has 0 aliphatic rings. The summed E-state index contributed by atoms with van der Waals surface area (Å²) in [5, 5.41) is 0.433. The van der Waals surface area contributed by atoms with E-state index in [1.54, 1.807) is 18.2 Å². The minimum absolute atomic E-state index is 0.00104. The van der Waals surface area contributed by atoms with Crippen LogP contribution in [0.3, 0.4) is 0 Å². The number of benzene rings is 2. The van der Waals surface area contributed by atoms with E-state index in [1.165, 1.54) is 12.1 Å². The minimum Gasteiger partial charge on any atom is -0.487 e. The highest BCUT2D eigenvalue weighted by Gasteiger charge is 2.09. The molecule has 0 fully saturated rings. The summed E-state index contributed by atoms with van der Waals surface area (Å²) < 4.78 is 20.0. The molecule has 0 unspecified atom stereocenters. The third kappa shape index (κ3) is 3.49. The molecule has 0 spiro atoms. The van der Waals surface area contributed by atoms with Crippen LogP contribution < -0.4 is 10.5 Å². The van der Waals surface area contributed by atoms with E-state index < -0.39 is 11.7 Å². The van der Waals surface area contributed by atoms with Crippen LogP contribution in [0.5, 0.6) is 5.75 Å². The van der Waals surface area contributed by atoms with E-state index in [4.69, 9.17) is 22.1 Å². The van der Waals surface area contributed by atoms with Crippen molar-refractivity contribution in [1.29, 1.82) is 0 Å². The van der Waals surface area contributed by atoms with Crippen LogP contribution in [-0.4, -0.2) is 5.91 Å². The lowest BCUT2D eigenvalue weighted by Crippen LogP contribution is -2.11. The van der Waals surface area contributed by atoms with Crippen LogP contribution in [0.4, 0.5) is 4.39 Å². The smallest absolute Gasteiger partial charge is 0.248 e. The number of rotatable bonds is 4. The molecule has 0 aliphatic heterocycles. The number of hydrogen-bond donors (Lipinski definition) is 1. The second-order valence-electron chi connectivity index (χ2n) is 4.03. The zero-order valence-corrected chi connectivity index (χ0v) is 12.5. The largest absolute Gasteiger partial charge is 0.487 e. The monoisotopic (exact) mass is 357 g/mol. The summed E-state index contributed by atoms with van der Waals surface area (Å²) in [7, 11) is 0. The first-order chi connectivity index (χ1) is 9.47. The molecule has 0 heterocycles. The lowest BCUT2D eigenvalue weighted by atomic mass is 10.1. The molecule has 2 N–H and O–H groups in total. The molecule has 6 heteroatoms. The van der Waals surface area contributed by atoms with Crippen molar-refractivity contribution in [2.45, 2.75) is 6.61 Å². The first kappa shape index (κ1) is 14.8. The highest BCUT2D eigenvalue weighted by molar-refractivity contribution is 9.10. The van der Waals surface area contributed by atoms with Gasteiger partial charge in [0.2, 0.25) is 5.91 Å². The highest BCUT2D eigenvalue weighted by Crippen LogP contribution is 2.28. The van der Waals surface area contributed by atoms with Gasteiger partial charge in [-0.05, 0) is 30.3 Å². The molecule has 0 aromatic heterocycles. The lowest BCUT2D eigenvalue weighted by Gasteiger charge is -2.09. The number of ether oxygens (including phenoxy) is 1. The maximum Gasteiger partial charge on any atom is 0.248 e. The van der Waals surface area contributed by atoms with Crippen molar-refractivity contribution in [1.82, 2.24) is 0 Å².